The Hall–Kier alpha value is 0.480. The number of rotatable bonds is 8. The molecule has 0 aromatic carbocycles. The fraction of sp³-hybridized carbons (Fsp3) is 1.00. The summed E-state index contributed by atoms with van der Waals surface area (Å²) in [5.74, 6) is 2.17. The first-order valence-corrected chi connectivity index (χ1v) is 8.99. The first kappa shape index (κ1) is 13.9. The van der Waals surface area contributed by atoms with Crippen molar-refractivity contribution in [3.63, 3.8) is 0 Å². The third kappa shape index (κ3) is 3.28. The molecule has 0 N–H and O–H groups in total. The highest BCUT2D eigenvalue weighted by atomic mass is 79.9. The molecule has 100 valence electrons. The summed E-state index contributed by atoms with van der Waals surface area (Å²) in [6, 6.07) is 0. The minimum Gasteiger partial charge on any atom is -0.0922 e. The Morgan fingerprint density at radius 1 is 1.06 bits per heavy atom. The van der Waals surface area contributed by atoms with Crippen LogP contribution in [0.5, 0.6) is 0 Å². The molecule has 17 heavy (non-hydrogen) atoms. The Kier molecular flexibility index (Phi) is 5.39. The summed E-state index contributed by atoms with van der Waals surface area (Å²) < 4.78 is 0. The molecule has 0 amide bonds. The van der Waals surface area contributed by atoms with E-state index in [2.05, 4.69) is 22.9 Å². The molecule has 0 spiro atoms. The summed E-state index contributed by atoms with van der Waals surface area (Å²) in [5, 5.41) is 1.27. The number of hydrogen-bond acceptors (Lipinski definition) is 0. The van der Waals surface area contributed by atoms with Crippen LogP contribution in [0.3, 0.4) is 0 Å². The van der Waals surface area contributed by atoms with Crippen LogP contribution in [0, 0.1) is 17.3 Å². The Morgan fingerprint density at radius 2 is 1.82 bits per heavy atom. The largest absolute Gasteiger partial charge is 0.0922 e. The van der Waals surface area contributed by atoms with E-state index in [9.17, 15) is 0 Å². The molecule has 0 aliphatic heterocycles. The van der Waals surface area contributed by atoms with Crippen molar-refractivity contribution in [2.75, 3.05) is 5.33 Å². The van der Waals surface area contributed by atoms with Crippen LogP contribution >= 0.6 is 15.9 Å². The third-order valence-corrected chi connectivity index (χ3v) is 6.51. The molecule has 0 heterocycles. The van der Waals surface area contributed by atoms with Crippen molar-refractivity contribution in [1.82, 2.24) is 0 Å². The number of unbranched alkanes of at least 4 members (excludes halogenated alkanes) is 5. The standard InChI is InChI=1S/C16H29Br/c1-2-3-4-5-6-7-10-16(13-17)12-14-8-9-15(16)11-14/h14-15H,2-13H2,1H3. The summed E-state index contributed by atoms with van der Waals surface area (Å²) in [5.41, 5.74) is 0.716. The molecule has 2 rings (SSSR count). The zero-order chi connectivity index (χ0) is 12.1. The van der Waals surface area contributed by atoms with Crippen LogP contribution in [0.25, 0.3) is 0 Å². The predicted molar refractivity (Wildman–Crippen MR) is 79.7 cm³/mol. The van der Waals surface area contributed by atoms with Gasteiger partial charge in [0.15, 0.2) is 0 Å². The van der Waals surface area contributed by atoms with Gasteiger partial charge in [-0.3, -0.25) is 0 Å². The van der Waals surface area contributed by atoms with Gasteiger partial charge in [-0.2, -0.15) is 0 Å². The van der Waals surface area contributed by atoms with E-state index < -0.39 is 0 Å². The molecule has 2 saturated carbocycles. The average Bonchev–Trinajstić information content (AvgIpc) is 2.94. The third-order valence-electron chi connectivity index (χ3n) is 5.40. The maximum atomic E-state index is 3.83. The zero-order valence-corrected chi connectivity index (χ0v) is 13.1. The Labute approximate surface area is 116 Å². The molecule has 3 unspecified atom stereocenters. The summed E-state index contributed by atoms with van der Waals surface area (Å²) in [4.78, 5) is 0. The minimum atomic E-state index is 0.716. The van der Waals surface area contributed by atoms with Gasteiger partial charge in [0.2, 0.25) is 0 Å². The first-order valence-electron chi connectivity index (χ1n) is 7.86. The molecule has 2 fully saturated rings. The molecule has 2 bridgehead atoms. The lowest BCUT2D eigenvalue weighted by molar-refractivity contribution is 0.175. The molecule has 0 radical (unpaired) electrons. The highest BCUT2D eigenvalue weighted by Gasteiger charge is 2.49. The molecular weight excluding hydrogens is 272 g/mol. The van der Waals surface area contributed by atoms with Gasteiger partial charge in [-0.15, -0.1) is 0 Å². The van der Waals surface area contributed by atoms with Gasteiger partial charge in [-0.25, -0.2) is 0 Å². The van der Waals surface area contributed by atoms with Crippen LogP contribution < -0.4 is 0 Å². The topological polar surface area (TPSA) is 0 Å². The lowest BCUT2D eigenvalue weighted by Crippen LogP contribution is -2.29. The molecular formula is C16H29Br. The number of alkyl halides is 1. The maximum Gasteiger partial charge on any atom is 0.00907 e. The van der Waals surface area contributed by atoms with Crippen LogP contribution in [0.4, 0.5) is 0 Å². The van der Waals surface area contributed by atoms with E-state index in [1.54, 1.807) is 6.42 Å². The van der Waals surface area contributed by atoms with Crippen molar-refractivity contribution in [3.05, 3.63) is 0 Å². The summed E-state index contributed by atoms with van der Waals surface area (Å²) in [6.07, 6.45) is 16.4. The molecule has 1 heteroatoms. The first-order chi connectivity index (χ1) is 8.30. The number of halogens is 1. The van der Waals surface area contributed by atoms with Crippen LogP contribution in [-0.2, 0) is 0 Å². The van der Waals surface area contributed by atoms with Gasteiger partial charge in [0, 0.05) is 5.33 Å². The minimum absolute atomic E-state index is 0.716. The van der Waals surface area contributed by atoms with Crippen molar-refractivity contribution in [2.45, 2.75) is 77.6 Å². The van der Waals surface area contributed by atoms with E-state index in [-0.39, 0.29) is 0 Å². The highest BCUT2D eigenvalue weighted by Crippen LogP contribution is 2.58. The second-order valence-electron chi connectivity index (χ2n) is 6.59. The van der Waals surface area contributed by atoms with Crippen molar-refractivity contribution in [3.8, 4) is 0 Å². The van der Waals surface area contributed by atoms with Gasteiger partial charge in [0.25, 0.3) is 0 Å². The predicted octanol–water partition coefficient (Wildman–Crippen LogP) is 5.94. The molecule has 3 atom stereocenters. The number of fused-ring (bicyclic) bond motifs is 2. The van der Waals surface area contributed by atoms with E-state index in [4.69, 9.17) is 0 Å². The Bertz CT molecular complexity index is 226. The lowest BCUT2D eigenvalue weighted by atomic mass is 9.71. The van der Waals surface area contributed by atoms with E-state index in [0.29, 0.717) is 5.41 Å². The van der Waals surface area contributed by atoms with Gasteiger partial charge in [0.1, 0.15) is 0 Å². The Balaban J connectivity index is 1.66. The van der Waals surface area contributed by atoms with Crippen molar-refractivity contribution in [2.24, 2.45) is 17.3 Å². The molecule has 0 saturated heterocycles. The van der Waals surface area contributed by atoms with Crippen molar-refractivity contribution >= 4 is 15.9 Å². The van der Waals surface area contributed by atoms with Crippen LogP contribution in [0.1, 0.15) is 77.6 Å². The smallest absolute Gasteiger partial charge is 0.00907 e. The fourth-order valence-corrected chi connectivity index (χ4v) is 5.32. The SMILES string of the molecule is CCCCCCCCC1(CBr)CC2CCC1C2. The molecule has 0 aromatic rings. The highest BCUT2D eigenvalue weighted by molar-refractivity contribution is 9.09. The van der Waals surface area contributed by atoms with Gasteiger partial charge >= 0.3 is 0 Å². The second-order valence-corrected chi connectivity index (χ2v) is 7.15. The van der Waals surface area contributed by atoms with E-state index in [1.807, 2.05) is 0 Å². The summed E-state index contributed by atoms with van der Waals surface area (Å²) in [6.45, 7) is 2.30. The monoisotopic (exact) mass is 300 g/mol. The summed E-state index contributed by atoms with van der Waals surface area (Å²) >= 11 is 3.83. The second kappa shape index (κ2) is 6.59. The van der Waals surface area contributed by atoms with Crippen molar-refractivity contribution in [1.29, 1.82) is 0 Å². The van der Waals surface area contributed by atoms with Gasteiger partial charge in [-0.05, 0) is 42.9 Å². The summed E-state index contributed by atoms with van der Waals surface area (Å²) in [7, 11) is 0. The molecule has 2 aliphatic carbocycles. The van der Waals surface area contributed by atoms with E-state index in [1.165, 1.54) is 69.5 Å². The van der Waals surface area contributed by atoms with Gasteiger partial charge in [-0.1, -0.05) is 67.8 Å². The molecule has 0 nitrogen and oxygen atoms in total. The molecule has 2 aliphatic rings. The van der Waals surface area contributed by atoms with E-state index >= 15 is 0 Å². The van der Waals surface area contributed by atoms with Crippen LogP contribution in [0.15, 0.2) is 0 Å². The van der Waals surface area contributed by atoms with Crippen molar-refractivity contribution < 1.29 is 0 Å². The fourth-order valence-electron chi connectivity index (χ4n) is 4.35. The lowest BCUT2D eigenvalue weighted by Gasteiger charge is -2.36. The van der Waals surface area contributed by atoms with Crippen LogP contribution in [0.2, 0.25) is 0 Å². The van der Waals surface area contributed by atoms with Gasteiger partial charge in [0.05, 0.1) is 0 Å². The van der Waals surface area contributed by atoms with E-state index in [0.717, 1.165) is 11.8 Å². The number of hydrogen-bond donors (Lipinski definition) is 0. The van der Waals surface area contributed by atoms with Gasteiger partial charge < -0.3 is 0 Å². The Morgan fingerprint density at radius 3 is 2.41 bits per heavy atom. The zero-order valence-electron chi connectivity index (χ0n) is 11.5. The molecule has 0 aromatic heterocycles. The quantitative estimate of drug-likeness (QED) is 0.384. The maximum absolute atomic E-state index is 3.83. The average molecular weight is 301 g/mol. The van der Waals surface area contributed by atoms with Crippen LogP contribution in [-0.4, -0.2) is 5.33 Å². The normalized spacial score (nSPS) is 35.6.